The van der Waals surface area contributed by atoms with E-state index in [0.717, 1.165) is 18.4 Å². The van der Waals surface area contributed by atoms with Gasteiger partial charge >= 0.3 is 12.5 Å². The van der Waals surface area contributed by atoms with Gasteiger partial charge in [0.2, 0.25) is 5.95 Å². The zero-order valence-electron chi connectivity index (χ0n) is 17.2. The van der Waals surface area contributed by atoms with Crippen LogP contribution < -0.4 is 15.4 Å². The summed E-state index contributed by atoms with van der Waals surface area (Å²) >= 11 is 0. The summed E-state index contributed by atoms with van der Waals surface area (Å²) in [4.78, 5) is 7.44. The van der Waals surface area contributed by atoms with Crippen LogP contribution in [0.5, 0.6) is 5.75 Å². The molecule has 0 unspecified atom stereocenters. The van der Waals surface area contributed by atoms with E-state index in [1.165, 1.54) is 36.4 Å². The van der Waals surface area contributed by atoms with Gasteiger partial charge in [0.15, 0.2) is 9.84 Å². The number of hydrogen-bond acceptors (Lipinski definition) is 7. The van der Waals surface area contributed by atoms with Crippen LogP contribution in [0.1, 0.15) is 11.1 Å². The second-order valence-corrected chi connectivity index (χ2v) is 8.94. The van der Waals surface area contributed by atoms with E-state index in [9.17, 15) is 34.8 Å². The highest BCUT2D eigenvalue weighted by Gasteiger charge is 2.35. The molecule has 0 radical (unpaired) electrons. The summed E-state index contributed by atoms with van der Waals surface area (Å²) < 4.78 is 104. The number of alkyl halides is 6. The molecule has 182 valence electrons. The molecule has 0 fully saturated rings. The highest BCUT2D eigenvalue weighted by Crippen LogP contribution is 2.34. The van der Waals surface area contributed by atoms with Crippen molar-refractivity contribution >= 4 is 27.3 Å². The second-order valence-electron chi connectivity index (χ2n) is 6.92. The lowest BCUT2D eigenvalue weighted by Crippen LogP contribution is -2.17. The van der Waals surface area contributed by atoms with Crippen molar-refractivity contribution in [3.05, 3.63) is 65.9 Å². The molecule has 0 saturated heterocycles. The van der Waals surface area contributed by atoms with E-state index in [2.05, 4.69) is 25.3 Å². The molecule has 0 aliphatic carbocycles. The van der Waals surface area contributed by atoms with Gasteiger partial charge in [-0.15, -0.1) is 13.2 Å². The molecule has 0 atom stereocenters. The largest absolute Gasteiger partial charge is 0.573 e. The summed E-state index contributed by atoms with van der Waals surface area (Å²) in [6.07, 6.45) is -8.10. The third-order valence-electron chi connectivity index (χ3n) is 4.22. The van der Waals surface area contributed by atoms with E-state index in [1.54, 1.807) is 0 Å². The third-order valence-corrected chi connectivity index (χ3v) is 5.33. The summed E-state index contributed by atoms with van der Waals surface area (Å²) in [6, 6.07) is 10.1. The van der Waals surface area contributed by atoms with Crippen LogP contribution in [0.15, 0.2) is 59.6 Å². The summed E-state index contributed by atoms with van der Waals surface area (Å²) in [5.41, 5.74) is -0.572. The number of anilines is 3. The van der Waals surface area contributed by atoms with Gasteiger partial charge in [-0.1, -0.05) is 12.1 Å². The molecule has 0 aliphatic heterocycles. The van der Waals surface area contributed by atoms with Crippen LogP contribution in [0.3, 0.4) is 0 Å². The van der Waals surface area contributed by atoms with Crippen LogP contribution in [-0.2, 0) is 22.6 Å². The minimum absolute atomic E-state index is 0.00541. The van der Waals surface area contributed by atoms with Gasteiger partial charge in [0.25, 0.3) is 0 Å². The smallest absolute Gasteiger partial charge is 0.406 e. The number of halogens is 6. The van der Waals surface area contributed by atoms with Crippen LogP contribution in [0, 0.1) is 0 Å². The van der Waals surface area contributed by atoms with Crippen molar-refractivity contribution in [2.24, 2.45) is 0 Å². The van der Waals surface area contributed by atoms with E-state index in [1.807, 2.05) is 0 Å². The molecule has 34 heavy (non-hydrogen) atoms. The molecule has 2 aromatic carbocycles. The van der Waals surface area contributed by atoms with E-state index >= 15 is 0 Å². The Morgan fingerprint density at radius 2 is 1.68 bits per heavy atom. The van der Waals surface area contributed by atoms with Crippen molar-refractivity contribution in [1.29, 1.82) is 0 Å². The normalized spacial score (nSPS) is 12.3. The number of aromatic nitrogens is 2. The molecule has 1 aromatic heterocycles. The number of benzene rings is 2. The maximum atomic E-state index is 13.4. The third kappa shape index (κ3) is 6.97. The molecule has 0 saturated carbocycles. The van der Waals surface area contributed by atoms with Gasteiger partial charge in [-0.05, 0) is 42.0 Å². The Balaban J connectivity index is 1.81. The van der Waals surface area contributed by atoms with Crippen LogP contribution in [-0.4, -0.2) is 31.0 Å². The van der Waals surface area contributed by atoms with Crippen LogP contribution in [0.2, 0.25) is 0 Å². The first kappa shape index (κ1) is 25.1. The Morgan fingerprint density at radius 3 is 2.26 bits per heavy atom. The molecule has 0 aliphatic rings. The summed E-state index contributed by atoms with van der Waals surface area (Å²) in [5.74, 6) is -1.32. The fraction of sp³-hybridized carbons (Fsp3) is 0.200. The van der Waals surface area contributed by atoms with Gasteiger partial charge in [0.1, 0.15) is 17.1 Å². The Hall–Kier alpha value is -3.55. The Labute approximate surface area is 189 Å². The van der Waals surface area contributed by atoms with Crippen molar-refractivity contribution in [2.45, 2.75) is 24.0 Å². The molecule has 3 rings (SSSR count). The molecule has 2 N–H and O–H groups in total. The molecule has 7 nitrogen and oxygen atoms in total. The highest BCUT2D eigenvalue weighted by molar-refractivity contribution is 7.90. The SMILES string of the molecule is CS(=O)(=O)c1cccc(CNc2nc(Nc3ccc(OC(F)(F)F)cc3)ncc2C(F)(F)F)c1. The van der Waals surface area contributed by atoms with Gasteiger partial charge in [-0.25, -0.2) is 13.4 Å². The lowest BCUT2D eigenvalue weighted by atomic mass is 10.2. The molecule has 1 heterocycles. The van der Waals surface area contributed by atoms with E-state index in [4.69, 9.17) is 0 Å². The Morgan fingerprint density at radius 1 is 1.00 bits per heavy atom. The Kier molecular flexibility index (Phi) is 6.91. The fourth-order valence-corrected chi connectivity index (χ4v) is 3.42. The quantitative estimate of drug-likeness (QED) is 0.428. The minimum Gasteiger partial charge on any atom is -0.406 e. The molecule has 0 spiro atoms. The Bertz CT molecular complexity index is 1260. The van der Waals surface area contributed by atoms with Crippen molar-refractivity contribution in [3.63, 3.8) is 0 Å². The number of rotatable bonds is 7. The van der Waals surface area contributed by atoms with Gasteiger partial charge in [0.05, 0.1) is 4.90 Å². The molecular weight excluding hydrogens is 490 g/mol. The predicted molar refractivity (Wildman–Crippen MR) is 110 cm³/mol. The van der Waals surface area contributed by atoms with Crippen molar-refractivity contribution in [1.82, 2.24) is 9.97 Å². The molecule has 0 bridgehead atoms. The fourth-order valence-electron chi connectivity index (χ4n) is 2.73. The lowest BCUT2D eigenvalue weighted by molar-refractivity contribution is -0.274. The van der Waals surface area contributed by atoms with E-state index in [-0.39, 0.29) is 23.1 Å². The van der Waals surface area contributed by atoms with Gasteiger partial charge < -0.3 is 15.4 Å². The number of hydrogen-bond donors (Lipinski definition) is 2. The second kappa shape index (κ2) is 9.37. The lowest BCUT2D eigenvalue weighted by Gasteiger charge is -2.15. The van der Waals surface area contributed by atoms with Gasteiger partial charge in [-0.2, -0.15) is 18.2 Å². The van der Waals surface area contributed by atoms with Crippen molar-refractivity contribution in [3.8, 4) is 5.75 Å². The average Bonchev–Trinajstić information content (AvgIpc) is 2.71. The van der Waals surface area contributed by atoms with Gasteiger partial charge in [-0.3, -0.25) is 0 Å². The summed E-state index contributed by atoms with van der Waals surface area (Å²) in [5, 5.41) is 5.12. The van der Waals surface area contributed by atoms with Crippen LogP contribution in [0.4, 0.5) is 43.8 Å². The summed E-state index contributed by atoms with van der Waals surface area (Å²) in [6.45, 7) is -0.174. The molecule has 0 amide bonds. The standard InChI is InChI=1S/C20H16F6N4O3S/c1-34(31,32)15-4-2-3-12(9-15)10-27-17-16(19(21,22)23)11-28-18(30-17)29-13-5-7-14(8-6-13)33-20(24,25)26/h2-9,11H,10H2,1H3,(H2,27,28,29,30). The maximum absolute atomic E-state index is 13.4. The number of nitrogens with one attached hydrogen (secondary N) is 2. The van der Waals surface area contributed by atoms with Crippen molar-refractivity contribution < 1.29 is 39.5 Å². The maximum Gasteiger partial charge on any atom is 0.573 e. The molecular formula is C20H16F6N4O3S. The number of ether oxygens (including phenoxy) is 1. The van der Waals surface area contributed by atoms with E-state index < -0.39 is 39.5 Å². The number of nitrogens with zero attached hydrogens (tertiary/aromatic N) is 2. The zero-order chi connectivity index (χ0) is 25.1. The van der Waals surface area contributed by atoms with E-state index in [0.29, 0.717) is 11.8 Å². The zero-order valence-corrected chi connectivity index (χ0v) is 18.0. The highest BCUT2D eigenvalue weighted by atomic mass is 32.2. The first-order valence-electron chi connectivity index (χ1n) is 9.31. The van der Waals surface area contributed by atoms with Gasteiger partial charge in [0, 0.05) is 24.7 Å². The molecule has 14 heteroatoms. The average molecular weight is 506 g/mol. The topological polar surface area (TPSA) is 93.2 Å². The first-order valence-corrected chi connectivity index (χ1v) is 11.2. The summed E-state index contributed by atoms with van der Waals surface area (Å²) in [7, 11) is -3.51. The minimum atomic E-state index is -4.87. The monoisotopic (exact) mass is 506 g/mol. The van der Waals surface area contributed by atoms with Crippen molar-refractivity contribution in [2.75, 3.05) is 16.9 Å². The number of sulfone groups is 1. The van der Waals surface area contributed by atoms with Crippen LogP contribution >= 0.6 is 0 Å². The predicted octanol–water partition coefficient (Wildman–Crippen LogP) is 5.15. The molecule has 3 aromatic rings. The van der Waals surface area contributed by atoms with Crippen LogP contribution in [0.25, 0.3) is 0 Å². The first-order chi connectivity index (χ1) is 15.7.